The van der Waals surface area contributed by atoms with Crippen molar-refractivity contribution in [3.63, 3.8) is 0 Å². The van der Waals surface area contributed by atoms with Gasteiger partial charge in [0, 0.05) is 25.0 Å². The van der Waals surface area contributed by atoms with Gasteiger partial charge in [-0.1, -0.05) is 11.6 Å². The first-order valence-corrected chi connectivity index (χ1v) is 5.02. The van der Waals surface area contributed by atoms with E-state index in [0.717, 1.165) is 11.1 Å². The third-order valence-electron chi connectivity index (χ3n) is 2.07. The Kier molecular flexibility index (Phi) is 4.54. The number of nitrogens with two attached hydrogens (primary N) is 2. The van der Waals surface area contributed by atoms with E-state index in [1.54, 1.807) is 18.5 Å². The van der Waals surface area contributed by atoms with Crippen LogP contribution in [0.25, 0.3) is 5.57 Å². The summed E-state index contributed by atoms with van der Waals surface area (Å²) in [5.41, 5.74) is 13.2. The summed E-state index contributed by atoms with van der Waals surface area (Å²) >= 11 is 5.84. The summed E-state index contributed by atoms with van der Waals surface area (Å²) in [5, 5.41) is 7.70. The molecule has 1 heterocycles. The molecule has 1 aromatic heterocycles. The second kappa shape index (κ2) is 5.92. The first-order valence-electron chi connectivity index (χ1n) is 4.64. The molecule has 0 unspecified atom stereocenters. The molecule has 0 aliphatic carbocycles. The topological polar surface area (TPSA) is 88.8 Å². The predicted molar refractivity (Wildman–Crippen MR) is 67.1 cm³/mol. The SMILES string of the molecule is N=C/C(=C\N)C/C(=C/N)c1cncc(Cl)c1. The van der Waals surface area contributed by atoms with Crippen molar-refractivity contribution in [3.8, 4) is 0 Å². The Labute approximate surface area is 99.1 Å². The molecular weight excluding hydrogens is 224 g/mol. The van der Waals surface area contributed by atoms with Gasteiger partial charge >= 0.3 is 0 Å². The van der Waals surface area contributed by atoms with Crippen LogP contribution in [0, 0.1) is 5.41 Å². The second-order valence-electron chi connectivity index (χ2n) is 3.15. The van der Waals surface area contributed by atoms with Gasteiger partial charge in [0.05, 0.1) is 5.02 Å². The average Bonchev–Trinajstić information content (AvgIpc) is 2.31. The maximum atomic E-state index is 7.15. The fraction of sp³-hybridized carbons (Fsp3) is 0.0909. The number of rotatable bonds is 4. The van der Waals surface area contributed by atoms with E-state index in [2.05, 4.69) is 4.98 Å². The van der Waals surface area contributed by atoms with Gasteiger partial charge in [-0.25, -0.2) is 0 Å². The minimum atomic E-state index is 0.485. The van der Waals surface area contributed by atoms with Gasteiger partial charge in [-0.2, -0.15) is 0 Å². The number of hydrogen-bond acceptors (Lipinski definition) is 4. The zero-order chi connectivity index (χ0) is 12.0. The highest BCUT2D eigenvalue weighted by Crippen LogP contribution is 2.22. The van der Waals surface area contributed by atoms with Gasteiger partial charge in [-0.3, -0.25) is 4.98 Å². The van der Waals surface area contributed by atoms with Gasteiger partial charge in [0.1, 0.15) is 0 Å². The Bertz CT molecular complexity index is 437. The Hall–Kier alpha value is -1.81. The van der Waals surface area contributed by atoms with E-state index in [1.807, 2.05) is 0 Å². The summed E-state index contributed by atoms with van der Waals surface area (Å²) in [6.07, 6.45) is 7.76. The quantitative estimate of drug-likeness (QED) is 0.698. The van der Waals surface area contributed by atoms with Crippen LogP contribution in [0.2, 0.25) is 5.02 Å². The summed E-state index contributed by atoms with van der Waals surface area (Å²) < 4.78 is 0. The third kappa shape index (κ3) is 3.10. The molecule has 5 N–H and O–H groups in total. The van der Waals surface area contributed by atoms with E-state index in [-0.39, 0.29) is 0 Å². The van der Waals surface area contributed by atoms with Gasteiger partial charge in [0.15, 0.2) is 0 Å². The summed E-state index contributed by atoms with van der Waals surface area (Å²) in [6, 6.07) is 1.77. The largest absolute Gasteiger partial charge is 0.404 e. The zero-order valence-electron chi connectivity index (χ0n) is 8.65. The number of pyridine rings is 1. The minimum Gasteiger partial charge on any atom is -0.404 e. The van der Waals surface area contributed by atoms with Crippen molar-refractivity contribution in [3.05, 3.63) is 47.0 Å². The van der Waals surface area contributed by atoms with Crippen LogP contribution in [-0.4, -0.2) is 11.2 Å². The zero-order valence-corrected chi connectivity index (χ0v) is 9.41. The van der Waals surface area contributed by atoms with Crippen LogP contribution in [0.15, 0.2) is 36.4 Å². The van der Waals surface area contributed by atoms with E-state index in [1.165, 1.54) is 18.6 Å². The van der Waals surface area contributed by atoms with E-state index >= 15 is 0 Å². The number of halogens is 1. The van der Waals surface area contributed by atoms with Crippen LogP contribution in [-0.2, 0) is 0 Å². The fourth-order valence-electron chi connectivity index (χ4n) is 1.22. The highest BCUT2D eigenvalue weighted by molar-refractivity contribution is 6.30. The van der Waals surface area contributed by atoms with E-state index < -0.39 is 0 Å². The van der Waals surface area contributed by atoms with E-state index in [9.17, 15) is 0 Å². The van der Waals surface area contributed by atoms with Crippen molar-refractivity contribution in [2.24, 2.45) is 11.5 Å². The van der Waals surface area contributed by atoms with Crippen molar-refractivity contribution in [1.82, 2.24) is 4.98 Å². The summed E-state index contributed by atoms with van der Waals surface area (Å²) in [6.45, 7) is 0. The second-order valence-corrected chi connectivity index (χ2v) is 3.58. The van der Waals surface area contributed by atoms with Crippen LogP contribution >= 0.6 is 11.6 Å². The Morgan fingerprint density at radius 1 is 1.38 bits per heavy atom. The van der Waals surface area contributed by atoms with Crippen LogP contribution < -0.4 is 11.5 Å². The van der Waals surface area contributed by atoms with E-state index in [4.69, 9.17) is 28.5 Å². The lowest BCUT2D eigenvalue weighted by atomic mass is 10.0. The third-order valence-corrected chi connectivity index (χ3v) is 2.28. The Morgan fingerprint density at radius 3 is 2.62 bits per heavy atom. The lowest BCUT2D eigenvalue weighted by molar-refractivity contribution is 1.24. The normalized spacial score (nSPS) is 12.6. The summed E-state index contributed by atoms with van der Waals surface area (Å²) in [7, 11) is 0. The van der Waals surface area contributed by atoms with E-state index in [0.29, 0.717) is 17.0 Å². The standard InChI is InChI=1S/C11H13ClN4/c12-11-2-10(6-16-7-11)9(5-15)1-8(3-13)4-14/h2-7,13H,1,14-15H2/b8-4-,9-5-,13-3?. The van der Waals surface area contributed by atoms with Gasteiger partial charge in [-0.15, -0.1) is 0 Å². The first-order chi connectivity index (χ1) is 7.71. The number of allylic oxidation sites excluding steroid dienone is 2. The molecule has 0 saturated heterocycles. The highest BCUT2D eigenvalue weighted by atomic mass is 35.5. The number of nitrogens with one attached hydrogen (secondary N) is 1. The molecule has 5 heteroatoms. The van der Waals surface area contributed by atoms with Crippen LogP contribution in [0.4, 0.5) is 0 Å². The molecule has 16 heavy (non-hydrogen) atoms. The number of nitrogens with zero attached hydrogens (tertiary/aromatic N) is 1. The molecule has 1 aromatic rings. The predicted octanol–water partition coefficient (Wildman–Crippen LogP) is 1.92. The van der Waals surface area contributed by atoms with Gasteiger partial charge in [-0.05, 0) is 35.2 Å². The molecule has 0 bridgehead atoms. The highest BCUT2D eigenvalue weighted by Gasteiger charge is 2.04. The molecule has 0 saturated carbocycles. The van der Waals surface area contributed by atoms with Crippen molar-refractivity contribution >= 4 is 23.4 Å². The molecule has 4 nitrogen and oxygen atoms in total. The molecule has 0 aliphatic heterocycles. The molecule has 0 atom stereocenters. The molecule has 1 rings (SSSR count). The maximum absolute atomic E-state index is 7.15. The Morgan fingerprint density at radius 2 is 2.12 bits per heavy atom. The lowest BCUT2D eigenvalue weighted by Gasteiger charge is -2.06. The molecule has 84 valence electrons. The maximum Gasteiger partial charge on any atom is 0.0595 e. The minimum absolute atomic E-state index is 0.485. The fourth-order valence-corrected chi connectivity index (χ4v) is 1.40. The van der Waals surface area contributed by atoms with Crippen LogP contribution in [0.1, 0.15) is 12.0 Å². The number of hydrogen-bond donors (Lipinski definition) is 3. The monoisotopic (exact) mass is 236 g/mol. The van der Waals surface area contributed by atoms with Gasteiger partial charge in [0.2, 0.25) is 0 Å². The molecule has 0 aromatic carbocycles. The molecule has 0 radical (unpaired) electrons. The molecule has 0 aliphatic rings. The molecule has 0 amide bonds. The lowest BCUT2D eigenvalue weighted by Crippen LogP contribution is -1.96. The Balaban J connectivity index is 2.96. The molecular formula is C11H13ClN4. The average molecular weight is 237 g/mol. The summed E-state index contributed by atoms with van der Waals surface area (Å²) in [4.78, 5) is 3.98. The van der Waals surface area contributed by atoms with Crippen molar-refractivity contribution in [1.29, 1.82) is 5.41 Å². The molecule has 0 spiro atoms. The van der Waals surface area contributed by atoms with Gasteiger partial charge < -0.3 is 16.9 Å². The van der Waals surface area contributed by atoms with Gasteiger partial charge in [0.25, 0.3) is 0 Å². The van der Waals surface area contributed by atoms with Crippen molar-refractivity contribution < 1.29 is 0 Å². The van der Waals surface area contributed by atoms with Crippen LogP contribution in [0.3, 0.4) is 0 Å². The number of aromatic nitrogens is 1. The summed E-state index contributed by atoms with van der Waals surface area (Å²) in [5.74, 6) is 0. The van der Waals surface area contributed by atoms with Crippen molar-refractivity contribution in [2.45, 2.75) is 6.42 Å². The smallest absolute Gasteiger partial charge is 0.0595 e. The molecule has 0 fully saturated rings. The van der Waals surface area contributed by atoms with Crippen LogP contribution in [0.5, 0.6) is 0 Å². The van der Waals surface area contributed by atoms with Crippen molar-refractivity contribution in [2.75, 3.05) is 0 Å². The first kappa shape index (κ1) is 12.3.